The van der Waals surface area contributed by atoms with E-state index in [1.54, 1.807) is 23.7 Å². The molecule has 2 aromatic rings. The quantitative estimate of drug-likeness (QED) is 0.683. The van der Waals surface area contributed by atoms with Gasteiger partial charge >= 0.3 is 7.12 Å². The zero-order chi connectivity index (χ0) is 20.7. The topological polar surface area (TPSA) is 126 Å². The smallest absolute Gasteiger partial charge is 0.530 e. The van der Waals surface area contributed by atoms with Gasteiger partial charge in [0, 0.05) is 23.5 Å². The molecule has 8 nitrogen and oxygen atoms in total. The normalized spacial score (nSPS) is 20.5. The predicted molar refractivity (Wildman–Crippen MR) is 105 cm³/mol. The zero-order valence-electron chi connectivity index (χ0n) is 15.7. The van der Waals surface area contributed by atoms with Gasteiger partial charge in [0.25, 0.3) is 5.91 Å². The number of carbonyl (C=O) groups is 1. The first-order chi connectivity index (χ1) is 13.9. The highest BCUT2D eigenvalue weighted by molar-refractivity contribution is 6.54. The van der Waals surface area contributed by atoms with Gasteiger partial charge in [-0.05, 0) is 37.7 Å². The lowest BCUT2D eigenvalue weighted by Crippen LogP contribution is -2.27. The maximum absolute atomic E-state index is 14.5. The van der Waals surface area contributed by atoms with Gasteiger partial charge in [0.2, 0.25) is 0 Å². The van der Waals surface area contributed by atoms with Gasteiger partial charge in [0.15, 0.2) is 11.6 Å². The lowest BCUT2D eigenvalue weighted by molar-refractivity contribution is 0.100. The number of carbonyl (C=O) groups excluding carboxylic acids is 1. The number of anilines is 2. The number of hydrogen-bond donors (Lipinski definition) is 3. The lowest BCUT2D eigenvalue weighted by Gasteiger charge is -2.20. The first-order valence-corrected chi connectivity index (χ1v) is 9.29. The van der Waals surface area contributed by atoms with Crippen molar-refractivity contribution in [1.82, 2.24) is 9.78 Å². The van der Waals surface area contributed by atoms with Crippen LogP contribution in [0.15, 0.2) is 23.8 Å². The summed E-state index contributed by atoms with van der Waals surface area (Å²) in [7, 11) is -1.19. The van der Waals surface area contributed by atoms with Crippen molar-refractivity contribution in [1.29, 1.82) is 5.26 Å². The van der Waals surface area contributed by atoms with E-state index in [0.29, 0.717) is 16.7 Å². The van der Waals surface area contributed by atoms with E-state index < -0.39 is 18.8 Å². The molecule has 29 heavy (non-hydrogen) atoms. The molecule has 1 aromatic carbocycles. The number of fused-ring (bicyclic) bond motifs is 1. The number of nitrogens with two attached hydrogens (primary N) is 1. The Morgan fingerprint density at radius 2 is 2.31 bits per heavy atom. The van der Waals surface area contributed by atoms with Crippen molar-refractivity contribution < 1.29 is 18.9 Å². The van der Waals surface area contributed by atoms with Crippen LogP contribution in [-0.4, -0.2) is 27.8 Å². The van der Waals surface area contributed by atoms with E-state index in [2.05, 4.69) is 16.5 Å². The van der Waals surface area contributed by atoms with E-state index in [9.17, 15) is 19.5 Å². The first kappa shape index (κ1) is 19.0. The van der Waals surface area contributed by atoms with Crippen LogP contribution in [0.1, 0.15) is 48.1 Å². The fourth-order valence-corrected chi connectivity index (χ4v) is 3.82. The van der Waals surface area contributed by atoms with Gasteiger partial charge in [-0.1, -0.05) is 6.08 Å². The summed E-state index contributed by atoms with van der Waals surface area (Å²) in [6.45, 7) is 1.67. The number of benzene rings is 1. The highest BCUT2D eigenvalue weighted by Crippen LogP contribution is 2.37. The Balaban J connectivity index is 1.69. The third kappa shape index (κ3) is 3.45. The van der Waals surface area contributed by atoms with E-state index in [4.69, 9.17) is 10.4 Å². The summed E-state index contributed by atoms with van der Waals surface area (Å²) < 4.78 is 21.3. The van der Waals surface area contributed by atoms with Crippen LogP contribution in [0.3, 0.4) is 0 Å². The maximum atomic E-state index is 14.5. The Morgan fingerprint density at radius 3 is 3.03 bits per heavy atom. The van der Waals surface area contributed by atoms with Gasteiger partial charge in [-0.25, -0.2) is 4.39 Å². The molecule has 0 bridgehead atoms. The Kier molecular flexibility index (Phi) is 4.76. The number of nitriles is 1. The number of nitrogens with zero attached hydrogens (tertiary/aromatic N) is 3. The third-order valence-corrected chi connectivity index (χ3v) is 5.32. The number of amides is 1. The fourth-order valence-electron chi connectivity index (χ4n) is 3.82. The van der Waals surface area contributed by atoms with Gasteiger partial charge in [-0.2, -0.15) is 10.4 Å². The van der Waals surface area contributed by atoms with Crippen LogP contribution in [0.25, 0.3) is 6.08 Å². The number of aromatic nitrogens is 2. The first-order valence-electron chi connectivity index (χ1n) is 9.29. The second-order valence-electron chi connectivity index (χ2n) is 7.33. The molecule has 10 heteroatoms. The molecule has 0 spiro atoms. The van der Waals surface area contributed by atoms with E-state index in [1.807, 2.05) is 0 Å². The number of hydrogen-bond acceptors (Lipinski definition) is 6. The van der Waals surface area contributed by atoms with Crippen LogP contribution >= 0.6 is 0 Å². The van der Waals surface area contributed by atoms with E-state index in [-0.39, 0.29) is 29.1 Å². The van der Waals surface area contributed by atoms with Crippen LogP contribution in [-0.2, 0) is 0 Å². The monoisotopic (exact) mass is 395 g/mol. The van der Waals surface area contributed by atoms with Crippen LogP contribution in [0.5, 0.6) is 5.75 Å². The number of primary amides is 1. The molecule has 1 unspecified atom stereocenters. The van der Waals surface area contributed by atoms with E-state index >= 15 is 0 Å². The minimum Gasteiger partial charge on any atom is -0.530 e. The SMILES string of the molecule is CC1=Cc2cc(Nc3nn([C@H]4CCCC4C#N)cc3C(N)=O)cc(F)c2OB1O. The van der Waals surface area contributed by atoms with Crippen molar-refractivity contribution in [3.8, 4) is 11.8 Å². The summed E-state index contributed by atoms with van der Waals surface area (Å²) in [5.74, 6) is -1.37. The number of nitrogens with one attached hydrogen (secondary N) is 1. The van der Waals surface area contributed by atoms with E-state index in [1.165, 1.54) is 12.3 Å². The minimum absolute atomic E-state index is 0.0443. The van der Waals surface area contributed by atoms with Crippen molar-refractivity contribution in [2.24, 2.45) is 11.7 Å². The summed E-state index contributed by atoms with van der Waals surface area (Å²) in [4.78, 5) is 11.9. The van der Waals surface area contributed by atoms with Crippen molar-refractivity contribution in [3.05, 3.63) is 40.7 Å². The molecule has 1 aliphatic carbocycles. The Labute approximate surface area is 166 Å². The van der Waals surface area contributed by atoms with Gasteiger partial charge in [-0.3, -0.25) is 9.48 Å². The van der Waals surface area contributed by atoms with Gasteiger partial charge < -0.3 is 20.7 Å². The minimum atomic E-state index is -1.19. The van der Waals surface area contributed by atoms with Crippen molar-refractivity contribution in [2.75, 3.05) is 5.32 Å². The maximum Gasteiger partial charge on any atom is 0.555 e. The molecule has 2 heterocycles. The largest absolute Gasteiger partial charge is 0.555 e. The second kappa shape index (κ2) is 7.26. The predicted octanol–water partition coefficient (Wildman–Crippen LogP) is 2.54. The van der Waals surface area contributed by atoms with Gasteiger partial charge in [-0.15, -0.1) is 0 Å². The number of rotatable bonds is 4. The van der Waals surface area contributed by atoms with Crippen LogP contribution in [0.2, 0.25) is 0 Å². The molecule has 4 rings (SSSR count). The van der Waals surface area contributed by atoms with Crippen molar-refractivity contribution >= 4 is 30.6 Å². The van der Waals surface area contributed by atoms with Gasteiger partial charge in [0.05, 0.1) is 18.0 Å². The number of halogens is 1. The average molecular weight is 395 g/mol. The molecule has 0 saturated heterocycles. The van der Waals surface area contributed by atoms with E-state index in [0.717, 1.165) is 19.3 Å². The summed E-state index contributed by atoms with van der Waals surface area (Å²) in [6.07, 6.45) is 5.63. The second-order valence-corrected chi connectivity index (χ2v) is 7.33. The molecule has 1 aromatic heterocycles. The molecule has 1 saturated carbocycles. The van der Waals surface area contributed by atoms with Crippen LogP contribution < -0.4 is 15.7 Å². The fraction of sp³-hybridized carbons (Fsp3) is 0.316. The summed E-state index contributed by atoms with van der Waals surface area (Å²) in [5, 5.41) is 26.4. The summed E-state index contributed by atoms with van der Waals surface area (Å²) in [6, 6.07) is 4.97. The van der Waals surface area contributed by atoms with Crippen LogP contribution in [0.4, 0.5) is 15.9 Å². The number of allylic oxidation sites excluding steroid dienone is 1. The molecule has 2 atom stereocenters. The molecule has 0 radical (unpaired) electrons. The third-order valence-electron chi connectivity index (χ3n) is 5.32. The molecular weight excluding hydrogens is 376 g/mol. The molecule has 4 N–H and O–H groups in total. The van der Waals surface area contributed by atoms with Crippen LogP contribution in [0, 0.1) is 23.1 Å². The zero-order valence-corrected chi connectivity index (χ0v) is 15.7. The molecule has 148 valence electrons. The Morgan fingerprint density at radius 1 is 1.52 bits per heavy atom. The Bertz CT molecular complexity index is 1060. The summed E-state index contributed by atoms with van der Waals surface area (Å²) >= 11 is 0. The lowest BCUT2D eigenvalue weighted by atomic mass is 9.76. The highest BCUT2D eigenvalue weighted by Gasteiger charge is 2.31. The molecule has 2 aliphatic rings. The Hall–Kier alpha value is -3.32. The molecule has 1 fully saturated rings. The highest BCUT2D eigenvalue weighted by atomic mass is 19.1. The molecule has 1 aliphatic heterocycles. The molecule has 1 amide bonds. The summed E-state index contributed by atoms with van der Waals surface area (Å²) in [5.41, 5.74) is 6.99. The van der Waals surface area contributed by atoms with Gasteiger partial charge in [0.1, 0.15) is 11.3 Å². The average Bonchev–Trinajstić information content (AvgIpc) is 3.30. The van der Waals surface area contributed by atoms with Crippen molar-refractivity contribution in [3.63, 3.8) is 0 Å². The molecular formula is C19H19BFN5O3. The van der Waals surface area contributed by atoms with Crippen molar-refractivity contribution in [2.45, 2.75) is 32.2 Å². The standard InChI is InChI=1S/C19H19BFN5O3/c1-10-5-12-6-13(7-15(21)17(12)29-20(10)28)24-19-14(18(23)27)9-26(25-19)16-4-2-3-11(16)8-22/h5-7,9,11,16,28H,2-4H2,1H3,(H2,23,27)(H,24,25)/t11?,16-/m0/s1.